The molecule has 0 atom stereocenters. The molecular weight excluding hydrogens is 316 g/mol. The van der Waals surface area contributed by atoms with Crippen LogP contribution < -0.4 is 10.6 Å². The van der Waals surface area contributed by atoms with E-state index in [2.05, 4.69) is 43.5 Å². The fourth-order valence-electron chi connectivity index (χ4n) is 2.23. The van der Waals surface area contributed by atoms with Crippen molar-refractivity contribution in [3.05, 3.63) is 70.8 Å². The Balaban J connectivity index is 1.89. The standard InChI is InChI=1S/C20H24N2OS/c1-14-5-7-15(8-6-14)13-21-19(24)22-18(23)16-9-11-17(12-10-16)20(2,3)4/h5-12H,13H2,1-4H3,(H2,21,22,23,24). The molecule has 0 fully saturated rings. The second kappa shape index (κ2) is 7.58. The first-order valence-electron chi connectivity index (χ1n) is 8.01. The number of carbonyl (C=O) groups excluding carboxylic acids is 1. The van der Waals surface area contributed by atoms with Gasteiger partial charge in [-0.2, -0.15) is 0 Å². The van der Waals surface area contributed by atoms with Gasteiger partial charge in [-0.25, -0.2) is 0 Å². The van der Waals surface area contributed by atoms with Crippen LogP contribution in [0.4, 0.5) is 0 Å². The van der Waals surface area contributed by atoms with E-state index in [0.29, 0.717) is 17.2 Å². The molecule has 0 saturated carbocycles. The molecule has 3 nitrogen and oxygen atoms in total. The summed E-state index contributed by atoms with van der Waals surface area (Å²) in [6, 6.07) is 15.8. The van der Waals surface area contributed by atoms with Crippen molar-refractivity contribution in [1.29, 1.82) is 0 Å². The zero-order chi connectivity index (χ0) is 17.7. The normalized spacial score (nSPS) is 11.0. The molecule has 2 aromatic carbocycles. The fraction of sp³-hybridized carbons (Fsp3) is 0.300. The predicted molar refractivity (Wildman–Crippen MR) is 103 cm³/mol. The van der Waals surface area contributed by atoms with Crippen molar-refractivity contribution < 1.29 is 4.79 Å². The molecule has 0 saturated heterocycles. The molecule has 4 heteroatoms. The summed E-state index contributed by atoms with van der Waals surface area (Å²) >= 11 is 5.20. The van der Waals surface area contributed by atoms with E-state index in [0.717, 1.165) is 5.56 Å². The van der Waals surface area contributed by atoms with E-state index in [1.807, 2.05) is 43.3 Å². The molecule has 0 aliphatic heterocycles. The Bertz CT molecular complexity index is 713. The molecule has 0 aliphatic rings. The van der Waals surface area contributed by atoms with Gasteiger partial charge in [0.1, 0.15) is 0 Å². The van der Waals surface area contributed by atoms with Crippen LogP contribution in [0.25, 0.3) is 0 Å². The molecule has 126 valence electrons. The quantitative estimate of drug-likeness (QED) is 0.827. The van der Waals surface area contributed by atoms with Crippen LogP contribution in [0.5, 0.6) is 0 Å². The molecular formula is C20H24N2OS. The average Bonchev–Trinajstić information content (AvgIpc) is 2.53. The first-order valence-corrected chi connectivity index (χ1v) is 8.42. The lowest BCUT2D eigenvalue weighted by atomic mass is 9.87. The maximum Gasteiger partial charge on any atom is 0.257 e. The minimum atomic E-state index is -0.197. The van der Waals surface area contributed by atoms with Crippen LogP contribution in [-0.2, 0) is 12.0 Å². The zero-order valence-electron chi connectivity index (χ0n) is 14.6. The van der Waals surface area contributed by atoms with Gasteiger partial charge in [-0.3, -0.25) is 10.1 Å². The van der Waals surface area contributed by atoms with Gasteiger partial charge in [0.25, 0.3) is 5.91 Å². The number of rotatable bonds is 3. The molecule has 0 radical (unpaired) electrons. The van der Waals surface area contributed by atoms with Gasteiger partial charge in [0.2, 0.25) is 0 Å². The predicted octanol–water partition coefficient (Wildman–Crippen LogP) is 4.10. The minimum absolute atomic E-state index is 0.0693. The molecule has 2 aromatic rings. The Labute approximate surface area is 149 Å². The Morgan fingerprint density at radius 3 is 2.12 bits per heavy atom. The third-order valence-electron chi connectivity index (χ3n) is 3.81. The Kier molecular flexibility index (Phi) is 5.73. The van der Waals surface area contributed by atoms with Crippen molar-refractivity contribution in [3.8, 4) is 0 Å². The molecule has 24 heavy (non-hydrogen) atoms. The monoisotopic (exact) mass is 340 g/mol. The third kappa shape index (κ3) is 5.17. The Morgan fingerprint density at radius 1 is 1.00 bits per heavy atom. The highest BCUT2D eigenvalue weighted by Crippen LogP contribution is 2.22. The van der Waals surface area contributed by atoms with E-state index in [1.54, 1.807) is 0 Å². The van der Waals surface area contributed by atoms with Crippen LogP contribution in [0.3, 0.4) is 0 Å². The number of hydrogen-bond donors (Lipinski definition) is 2. The van der Waals surface area contributed by atoms with Crippen LogP contribution in [0.15, 0.2) is 48.5 Å². The Morgan fingerprint density at radius 2 is 1.58 bits per heavy atom. The van der Waals surface area contributed by atoms with Gasteiger partial charge >= 0.3 is 0 Å². The number of nitrogens with one attached hydrogen (secondary N) is 2. The van der Waals surface area contributed by atoms with E-state index in [-0.39, 0.29) is 11.3 Å². The van der Waals surface area contributed by atoms with E-state index >= 15 is 0 Å². The third-order valence-corrected chi connectivity index (χ3v) is 4.06. The van der Waals surface area contributed by atoms with Gasteiger partial charge in [-0.15, -0.1) is 0 Å². The molecule has 0 heterocycles. The van der Waals surface area contributed by atoms with Crippen LogP contribution in [0.2, 0.25) is 0 Å². The molecule has 0 aromatic heterocycles. The second-order valence-electron chi connectivity index (χ2n) is 6.95. The summed E-state index contributed by atoms with van der Waals surface area (Å²) in [7, 11) is 0. The summed E-state index contributed by atoms with van der Waals surface area (Å²) in [6.45, 7) is 9.07. The summed E-state index contributed by atoms with van der Waals surface area (Å²) in [5.74, 6) is -0.197. The SMILES string of the molecule is Cc1ccc(CNC(=S)NC(=O)c2ccc(C(C)(C)C)cc2)cc1. The van der Waals surface area contributed by atoms with Crippen LogP contribution in [-0.4, -0.2) is 11.0 Å². The van der Waals surface area contributed by atoms with Gasteiger partial charge in [-0.05, 0) is 47.8 Å². The Hall–Kier alpha value is -2.20. The molecule has 0 bridgehead atoms. The fourth-order valence-corrected chi connectivity index (χ4v) is 2.39. The number of aryl methyl sites for hydroxylation is 1. The minimum Gasteiger partial charge on any atom is -0.358 e. The summed E-state index contributed by atoms with van der Waals surface area (Å²) in [5.41, 5.74) is 4.20. The van der Waals surface area contributed by atoms with E-state index in [4.69, 9.17) is 12.2 Å². The topological polar surface area (TPSA) is 41.1 Å². The maximum atomic E-state index is 12.2. The second-order valence-corrected chi connectivity index (χ2v) is 7.36. The zero-order valence-corrected chi connectivity index (χ0v) is 15.5. The lowest BCUT2D eigenvalue weighted by Crippen LogP contribution is -2.38. The van der Waals surface area contributed by atoms with Crippen LogP contribution >= 0.6 is 12.2 Å². The summed E-state index contributed by atoms with van der Waals surface area (Å²) in [4.78, 5) is 12.2. The van der Waals surface area contributed by atoms with Gasteiger partial charge in [0.05, 0.1) is 0 Å². The highest BCUT2D eigenvalue weighted by atomic mass is 32.1. The van der Waals surface area contributed by atoms with Gasteiger partial charge in [0.15, 0.2) is 5.11 Å². The first kappa shape index (κ1) is 18.1. The van der Waals surface area contributed by atoms with Crippen molar-refractivity contribution in [2.45, 2.75) is 39.7 Å². The van der Waals surface area contributed by atoms with Gasteiger partial charge < -0.3 is 5.32 Å². The molecule has 0 spiro atoms. The van der Waals surface area contributed by atoms with E-state index in [9.17, 15) is 4.79 Å². The van der Waals surface area contributed by atoms with E-state index < -0.39 is 0 Å². The van der Waals surface area contributed by atoms with Gasteiger partial charge in [-0.1, -0.05) is 62.7 Å². The number of hydrogen-bond acceptors (Lipinski definition) is 2. The van der Waals surface area contributed by atoms with Crippen molar-refractivity contribution in [3.63, 3.8) is 0 Å². The van der Waals surface area contributed by atoms with Crippen LogP contribution in [0, 0.1) is 6.92 Å². The number of amides is 1. The largest absolute Gasteiger partial charge is 0.358 e. The average molecular weight is 340 g/mol. The lowest BCUT2D eigenvalue weighted by molar-refractivity contribution is 0.0976. The summed E-state index contributed by atoms with van der Waals surface area (Å²) in [6.07, 6.45) is 0. The van der Waals surface area contributed by atoms with Gasteiger partial charge in [0, 0.05) is 12.1 Å². The number of thiocarbonyl (C=S) groups is 1. The molecule has 1 amide bonds. The molecule has 2 rings (SSSR count). The van der Waals surface area contributed by atoms with Crippen molar-refractivity contribution in [1.82, 2.24) is 10.6 Å². The summed E-state index contributed by atoms with van der Waals surface area (Å²) in [5, 5.41) is 6.11. The highest BCUT2D eigenvalue weighted by Gasteiger charge is 2.14. The van der Waals surface area contributed by atoms with E-state index in [1.165, 1.54) is 11.1 Å². The lowest BCUT2D eigenvalue weighted by Gasteiger charge is -2.19. The molecule has 0 unspecified atom stereocenters. The molecule has 0 aliphatic carbocycles. The number of benzene rings is 2. The summed E-state index contributed by atoms with van der Waals surface area (Å²) < 4.78 is 0. The first-order chi connectivity index (χ1) is 11.3. The van der Waals surface area contributed by atoms with Crippen molar-refractivity contribution in [2.75, 3.05) is 0 Å². The molecule has 2 N–H and O–H groups in total. The number of carbonyl (C=O) groups is 1. The highest BCUT2D eigenvalue weighted by molar-refractivity contribution is 7.80. The smallest absolute Gasteiger partial charge is 0.257 e. The van der Waals surface area contributed by atoms with Crippen molar-refractivity contribution in [2.24, 2.45) is 0 Å². The van der Waals surface area contributed by atoms with Crippen LogP contribution in [0.1, 0.15) is 47.8 Å². The maximum absolute atomic E-state index is 12.2. The van der Waals surface area contributed by atoms with Crippen molar-refractivity contribution >= 4 is 23.2 Å².